The molecule has 2 N–H and O–H groups in total. The first-order chi connectivity index (χ1) is 8.75. The summed E-state index contributed by atoms with van der Waals surface area (Å²) in [4.78, 5) is 16.1. The Hall–Kier alpha value is -0.880. The van der Waals surface area contributed by atoms with Gasteiger partial charge in [0.05, 0.1) is 24.9 Å². The average Bonchev–Trinajstić information content (AvgIpc) is 2.40. The molecule has 0 aromatic carbocycles. The van der Waals surface area contributed by atoms with Gasteiger partial charge in [-0.05, 0) is 19.1 Å². The molecule has 0 saturated carbocycles. The van der Waals surface area contributed by atoms with Crippen LogP contribution in [0.5, 0.6) is 0 Å². The first-order valence-corrected chi connectivity index (χ1v) is 6.27. The van der Waals surface area contributed by atoms with Crippen LogP contribution in [0, 0.1) is 0 Å². The van der Waals surface area contributed by atoms with Gasteiger partial charge in [-0.1, -0.05) is 6.07 Å². The number of aromatic nitrogens is 1. The summed E-state index contributed by atoms with van der Waals surface area (Å²) in [6.45, 7) is 4.08. The highest BCUT2D eigenvalue weighted by molar-refractivity contribution is 5.85. The highest BCUT2D eigenvalue weighted by atomic mass is 35.5. The molecule has 20 heavy (non-hydrogen) atoms. The first-order valence-electron chi connectivity index (χ1n) is 6.27. The van der Waals surface area contributed by atoms with E-state index in [1.54, 1.807) is 6.20 Å². The number of hydrogen-bond acceptors (Lipinski definition) is 4. The number of carbonyl (C=O) groups excluding carboxylic acids is 1. The largest absolute Gasteiger partial charge is 0.378 e. The summed E-state index contributed by atoms with van der Waals surface area (Å²) in [5.41, 5.74) is 0.874. The number of morpholine rings is 1. The molecular formula is C13H21Cl2N3O2. The maximum atomic E-state index is 11.9. The van der Waals surface area contributed by atoms with Crippen molar-refractivity contribution in [3.8, 4) is 0 Å². The van der Waals surface area contributed by atoms with Crippen LogP contribution in [0.4, 0.5) is 0 Å². The van der Waals surface area contributed by atoms with Crippen molar-refractivity contribution in [2.45, 2.75) is 25.4 Å². The van der Waals surface area contributed by atoms with Crippen LogP contribution in [-0.4, -0.2) is 36.7 Å². The monoisotopic (exact) mass is 321 g/mol. The van der Waals surface area contributed by atoms with Crippen molar-refractivity contribution in [3.63, 3.8) is 0 Å². The lowest BCUT2D eigenvalue weighted by Gasteiger charge is -2.24. The Morgan fingerprint density at radius 3 is 2.95 bits per heavy atom. The lowest BCUT2D eigenvalue weighted by molar-refractivity contribution is -0.122. The van der Waals surface area contributed by atoms with Crippen LogP contribution in [-0.2, 0) is 9.53 Å². The summed E-state index contributed by atoms with van der Waals surface area (Å²) in [6, 6.07) is 5.74. The molecule has 0 radical (unpaired) electrons. The lowest BCUT2D eigenvalue weighted by atomic mass is 10.1. The van der Waals surface area contributed by atoms with Crippen LogP contribution in [0.25, 0.3) is 0 Å². The van der Waals surface area contributed by atoms with Crippen LogP contribution in [0.15, 0.2) is 24.4 Å². The fourth-order valence-corrected chi connectivity index (χ4v) is 1.98. The molecular weight excluding hydrogens is 301 g/mol. The van der Waals surface area contributed by atoms with Gasteiger partial charge in [-0.25, -0.2) is 0 Å². The molecule has 2 heterocycles. The summed E-state index contributed by atoms with van der Waals surface area (Å²) in [7, 11) is 0. The number of ether oxygens (including phenoxy) is 1. The van der Waals surface area contributed by atoms with Gasteiger partial charge in [0.25, 0.3) is 0 Å². The minimum Gasteiger partial charge on any atom is -0.378 e. The van der Waals surface area contributed by atoms with Crippen LogP contribution in [0.2, 0.25) is 0 Å². The third kappa shape index (κ3) is 6.05. The molecule has 2 unspecified atom stereocenters. The summed E-state index contributed by atoms with van der Waals surface area (Å²) in [5, 5.41) is 6.21. The van der Waals surface area contributed by atoms with E-state index in [1.807, 2.05) is 25.1 Å². The molecule has 5 nitrogen and oxygen atoms in total. The van der Waals surface area contributed by atoms with Crippen molar-refractivity contribution in [2.75, 3.05) is 19.8 Å². The topological polar surface area (TPSA) is 63.2 Å². The zero-order chi connectivity index (χ0) is 12.8. The molecule has 1 saturated heterocycles. The molecule has 2 rings (SSSR count). The third-order valence-corrected chi connectivity index (χ3v) is 2.94. The Kier molecular flexibility index (Phi) is 9.50. The molecule has 1 aliphatic rings. The summed E-state index contributed by atoms with van der Waals surface area (Å²) >= 11 is 0. The van der Waals surface area contributed by atoms with Gasteiger partial charge in [-0.2, -0.15) is 0 Å². The number of halogens is 2. The van der Waals surface area contributed by atoms with Gasteiger partial charge in [-0.3, -0.25) is 9.78 Å². The SMILES string of the molecule is CC(NC(=O)CC1COCCN1)c1ccccn1.Cl.Cl. The summed E-state index contributed by atoms with van der Waals surface area (Å²) in [5.74, 6) is 0.0242. The Labute approximate surface area is 131 Å². The van der Waals surface area contributed by atoms with Gasteiger partial charge in [0.15, 0.2) is 0 Å². The van der Waals surface area contributed by atoms with Crippen molar-refractivity contribution in [2.24, 2.45) is 0 Å². The number of rotatable bonds is 4. The van der Waals surface area contributed by atoms with Crippen molar-refractivity contribution in [3.05, 3.63) is 30.1 Å². The van der Waals surface area contributed by atoms with E-state index in [1.165, 1.54) is 0 Å². The minimum atomic E-state index is -0.0665. The zero-order valence-electron chi connectivity index (χ0n) is 11.4. The number of nitrogens with one attached hydrogen (secondary N) is 2. The molecule has 1 amide bonds. The predicted molar refractivity (Wildman–Crippen MR) is 82.5 cm³/mol. The second-order valence-electron chi connectivity index (χ2n) is 4.47. The molecule has 1 fully saturated rings. The quantitative estimate of drug-likeness (QED) is 0.881. The van der Waals surface area contributed by atoms with Gasteiger partial charge in [0.2, 0.25) is 5.91 Å². The zero-order valence-corrected chi connectivity index (χ0v) is 13.0. The Morgan fingerprint density at radius 2 is 2.35 bits per heavy atom. The van der Waals surface area contributed by atoms with Crippen molar-refractivity contribution < 1.29 is 9.53 Å². The Balaban J connectivity index is 0.00000180. The van der Waals surface area contributed by atoms with Crippen LogP contribution < -0.4 is 10.6 Å². The molecule has 1 aromatic heterocycles. The van der Waals surface area contributed by atoms with Crippen LogP contribution in [0.3, 0.4) is 0 Å². The highest BCUT2D eigenvalue weighted by Crippen LogP contribution is 2.08. The maximum absolute atomic E-state index is 11.9. The number of pyridine rings is 1. The molecule has 0 aliphatic carbocycles. The fraction of sp³-hybridized carbons (Fsp3) is 0.538. The van der Waals surface area contributed by atoms with E-state index < -0.39 is 0 Å². The number of hydrogen-bond donors (Lipinski definition) is 2. The van der Waals surface area contributed by atoms with Crippen molar-refractivity contribution in [1.29, 1.82) is 0 Å². The van der Waals surface area contributed by atoms with Gasteiger partial charge < -0.3 is 15.4 Å². The van der Waals surface area contributed by atoms with Gasteiger partial charge in [0.1, 0.15) is 0 Å². The summed E-state index contributed by atoms with van der Waals surface area (Å²) in [6.07, 6.45) is 2.17. The first kappa shape index (κ1) is 19.1. The fourth-order valence-electron chi connectivity index (χ4n) is 1.98. The van der Waals surface area contributed by atoms with Crippen molar-refractivity contribution in [1.82, 2.24) is 15.6 Å². The van der Waals surface area contributed by atoms with E-state index in [0.717, 1.165) is 18.8 Å². The molecule has 114 valence electrons. The highest BCUT2D eigenvalue weighted by Gasteiger charge is 2.18. The van der Waals surface area contributed by atoms with Gasteiger partial charge in [-0.15, -0.1) is 24.8 Å². The van der Waals surface area contributed by atoms with E-state index in [4.69, 9.17) is 4.74 Å². The number of carbonyl (C=O) groups is 1. The van der Waals surface area contributed by atoms with E-state index in [2.05, 4.69) is 15.6 Å². The van der Waals surface area contributed by atoms with E-state index in [0.29, 0.717) is 13.0 Å². The minimum absolute atomic E-state index is 0. The molecule has 1 aliphatic heterocycles. The molecule has 0 bridgehead atoms. The standard InChI is InChI=1S/C13H19N3O2.2ClH/c1-10(12-4-2-3-5-15-12)16-13(17)8-11-9-18-7-6-14-11;;/h2-5,10-11,14H,6-9H2,1H3,(H,16,17);2*1H. The molecule has 7 heteroatoms. The lowest BCUT2D eigenvalue weighted by Crippen LogP contribution is -2.44. The Morgan fingerprint density at radius 1 is 1.55 bits per heavy atom. The summed E-state index contributed by atoms with van der Waals surface area (Å²) < 4.78 is 5.32. The molecule has 0 spiro atoms. The second kappa shape index (κ2) is 9.94. The predicted octanol–water partition coefficient (Wildman–Crippen LogP) is 1.48. The van der Waals surface area contributed by atoms with Gasteiger partial charge in [0, 0.05) is 25.2 Å². The van der Waals surface area contributed by atoms with E-state index in [-0.39, 0.29) is 42.8 Å². The van der Waals surface area contributed by atoms with Gasteiger partial charge >= 0.3 is 0 Å². The second-order valence-corrected chi connectivity index (χ2v) is 4.47. The molecule has 2 atom stereocenters. The number of nitrogens with zero attached hydrogens (tertiary/aromatic N) is 1. The van der Waals surface area contributed by atoms with Crippen LogP contribution >= 0.6 is 24.8 Å². The number of amides is 1. The maximum Gasteiger partial charge on any atom is 0.222 e. The smallest absolute Gasteiger partial charge is 0.222 e. The van der Waals surface area contributed by atoms with E-state index in [9.17, 15) is 4.79 Å². The van der Waals surface area contributed by atoms with Crippen LogP contribution in [0.1, 0.15) is 25.1 Å². The average molecular weight is 322 g/mol. The third-order valence-electron chi connectivity index (χ3n) is 2.94. The van der Waals surface area contributed by atoms with Crippen molar-refractivity contribution >= 4 is 30.7 Å². The van der Waals surface area contributed by atoms with E-state index >= 15 is 0 Å². The molecule has 1 aromatic rings. The Bertz CT molecular complexity index is 386. The normalized spacial score (nSPS) is 19.1.